The molecule has 0 saturated heterocycles. The fourth-order valence-corrected chi connectivity index (χ4v) is 3.31. The highest BCUT2D eigenvalue weighted by Crippen LogP contribution is 2.48. The zero-order valence-corrected chi connectivity index (χ0v) is 6.84. The van der Waals surface area contributed by atoms with Gasteiger partial charge in [0.15, 0.2) is 0 Å². The fraction of sp³-hybridized carbons (Fsp3) is 1.00. The van der Waals surface area contributed by atoms with Crippen molar-refractivity contribution < 1.29 is 5.11 Å². The lowest BCUT2D eigenvalue weighted by Crippen LogP contribution is -2.16. The Labute approximate surface area is 63.6 Å². The molecule has 4 atom stereocenters. The number of hydrogen-bond donors (Lipinski definition) is 1. The van der Waals surface area contributed by atoms with Gasteiger partial charge in [-0.2, -0.15) is 0 Å². The summed E-state index contributed by atoms with van der Waals surface area (Å²) >= 11 is 3.61. The van der Waals surface area contributed by atoms with Crippen LogP contribution in [0, 0.1) is 11.8 Å². The van der Waals surface area contributed by atoms with Crippen LogP contribution in [-0.2, 0) is 0 Å². The fourth-order valence-electron chi connectivity index (χ4n) is 2.21. The van der Waals surface area contributed by atoms with Crippen molar-refractivity contribution in [3.8, 4) is 0 Å². The van der Waals surface area contributed by atoms with E-state index in [1.54, 1.807) is 0 Å². The smallest absolute Gasteiger partial charge is 0.0582 e. The molecule has 0 spiro atoms. The van der Waals surface area contributed by atoms with Gasteiger partial charge in [0.2, 0.25) is 0 Å². The van der Waals surface area contributed by atoms with Crippen molar-refractivity contribution >= 4 is 15.9 Å². The second-order valence-electron chi connectivity index (χ2n) is 3.25. The normalized spacial score (nSPS) is 56.7. The van der Waals surface area contributed by atoms with Gasteiger partial charge in [-0.1, -0.05) is 15.9 Å². The largest absolute Gasteiger partial charge is 0.393 e. The summed E-state index contributed by atoms with van der Waals surface area (Å²) in [6, 6.07) is 0. The molecule has 2 heteroatoms. The predicted molar refractivity (Wildman–Crippen MR) is 39.6 cm³/mol. The molecule has 2 aliphatic rings. The van der Waals surface area contributed by atoms with Gasteiger partial charge in [0, 0.05) is 4.83 Å². The first-order valence-corrected chi connectivity index (χ1v) is 4.53. The number of halogens is 1. The van der Waals surface area contributed by atoms with Crippen molar-refractivity contribution in [1.82, 2.24) is 0 Å². The third kappa shape index (κ3) is 0.761. The highest BCUT2D eigenvalue weighted by Gasteiger charge is 2.45. The lowest BCUT2D eigenvalue weighted by Gasteiger charge is -2.14. The van der Waals surface area contributed by atoms with Gasteiger partial charge < -0.3 is 5.11 Å². The van der Waals surface area contributed by atoms with E-state index in [4.69, 9.17) is 0 Å². The van der Waals surface area contributed by atoms with Crippen LogP contribution < -0.4 is 0 Å². The molecule has 0 unspecified atom stereocenters. The van der Waals surface area contributed by atoms with Gasteiger partial charge in [-0.05, 0) is 31.1 Å². The number of fused-ring (bicyclic) bond motifs is 2. The van der Waals surface area contributed by atoms with E-state index in [-0.39, 0.29) is 6.10 Å². The topological polar surface area (TPSA) is 20.2 Å². The summed E-state index contributed by atoms with van der Waals surface area (Å²) in [5.41, 5.74) is 0. The van der Waals surface area contributed by atoms with E-state index < -0.39 is 0 Å². The molecule has 0 aromatic rings. The Bertz CT molecular complexity index is 126. The monoisotopic (exact) mass is 190 g/mol. The molecule has 2 bridgehead atoms. The summed E-state index contributed by atoms with van der Waals surface area (Å²) in [5.74, 6) is 1.36. The molecule has 0 aliphatic heterocycles. The van der Waals surface area contributed by atoms with E-state index in [1.165, 1.54) is 12.8 Å². The predicted octanol–water partition coefficient (Wildman–Crippen LogP) is 1.54. The highest BCUT2D eigenvalue weighted by molar-refractivity contribution is 9.09. The van der Waals surface area contributed by atoms with Crippen molar-refractivity contribution in [3.05, 3.63) is 0 Å². The van der Waals surface area contributed by atoms with Crippen molar-refractivity contribution in [3.63, 3.8) is 0 Å². The Hall–Kier alpha value is 0.440. The molecular weight excluding hydrogens is 180 g/mol. The first-order chi connectivity index (χ1) is 4.29. The maximum atomic E-state index is 9.36. The summed E-state index contributed by atoms with van der Waals surface area (Å²) in [4.78, 5) is 0.632. The van der Waals surface area contributed by atoms with E-state index in [0.29, 0.717) is 10.7 Å². The molecule has 2 aliphatic carbocycles. The van der Waals surface area contributed by atoms with E-state index in [9.17, 15) is 5.11 Å². The third-order valence-electron chi connectivity index (χ3n) is 2.77. The summed E-state index contributed by atoms with van der Waals surface area (Å²) in [5, 5.41) is 9.36. The van der Waals surface area contributed by atoms with E-state index in [2.05, 4.69) is 15.9 Å². The standard InChI is InChI=1S/C7H11BrO/c8-7-4-1-2-5(7)6(9)3-4/h4-7,9H,1-3H2/t4-,5+,6-,7+/m0/s1. The second-order valence-corrected chi connectivity index (χ2v) is 4.31. The van der Waals surface area contributed by atoms with Crippen LogP contribution in [0.25, 0.3) is 0 Å². The molecule has 0 heterocycles. The number of alkyl halides is 1. The lowest BCUT2D eigenvalue weighted by atomic mass is 9.98. The first kappa shape index (κ1) is 6.17. The number of rotatable bonds is 0. The minimum atomic E-state index is 0.00752. The van der Waals surface area contributed by atoms with Crippen LogP contribution in [0.1, 0.15) is 19.3 Å². The molecule has 2 fully saturated rings. The molecule has 52 valence electrons. The average Bonchev–Trinajstić information content (AvgIpc) is 2.25. The van der Waals surface area contributed by atoms with Crippen LogP contribution in [0.2, 0.25) is 0 Å². The van der Waals surface area contributed by atoms with Gasteiger partial charge in [-0.15, -0.1) is 0 Å². The van der Waals surface area contributed by atoms with Crippen molar-refractivity contribution in [2.24, 2.45) is 11.8 Å². The maximum Gasteiger partial charge on any atom is 0.0582 e. The molecule has 0 amide bonds. The summed E-state index contributed by atoms with van der Waals surface area (Å²) in [6.45, 7) is 0. The summed E-state index contributed by atoms with van der Waals surface area (Å²) in [7, 11) is 0. The quantitative estimate of drug-likeness (QED) is 0.576. The molecule has 2 rings (SSSR count). The Kier molecular flexibility index (Phi) is 1.34. The maximum absolute atomic E-state index is 9.36. The van der Waals surface area contributed by atoms with Gasteiger partial charge in [0.1, 0.15) is 0 Å². The molecule has 0 aromatic carbocycles. The van der Waals surface area contributed by atoms with E-state index in [1.807, 2.05) is 0 Å². The second kappa shape index (κ2) is 1.96. The van der Waals surface area contributed by atoms with Crippen LogP contribution >= 0.6 is 15.9 Å². The number of hydrogen-bond acceptors (Lipinski definition) is 1. The summed E-state index contributed by atoms with van der Waals surface area (Å²) < 4.78 is 0. The molecule has 0 aromatic heterocycles. The molecule has 0 radical (unpaired) electrons. The Balaban J connectivity index is 2.16. The molecule has 2 saturated carbocycles. The molecular formula is C7H11BrO. The van der Waals surface area contributed by atoms with Crippen LogP contribution in [0.15, 0.2) is 0 Å². The van der Waals surface area contributed by atoms with Gasteiger partial charge in [-0.3, -0.25) is 0 Å². The molecule has 9 heavy (non-hydrogen) atoms. The van der Waals surface area contributed by atoms with Crippen LogP contribution in [0.4, 0.5) is 0 Å². The first-order valence-electron chi connectivity index (χ1n) is 3.61. The van der Waals surface area contributed by atoms with Crippen molar-refractivity contribution in [2.75, 3.05) is 0 Å². The van der Waals surface area contributed by atoms with Crippen molar-refractivity contribution in [1.29, 1.82) is 0 Å². The van der Waals surface area contributed by atoms with Gasteiger partial charge in [0.05, 0.1) is 6.10 Å². The van der Waals surface area contributed by atoms with Crippen LogP contribution in [0.5, 0.6) is 0 Å². The van der Waals surface area contributed by atoms with Gasteiger partial charge >= 0.3 is 0 Å². The third-order valence-corrected chi connectivity index (χ3v) is 4.20. The Morgan fingerprint density at radius 1 is 1.33 bits per heavy atom. The van der Waals surface area contributed by atoms with Gasteiger partial charge in [-0.25, -0.2) is 0 Å². The van der Waals surface area contributed by atoms with Crippen LogP contribution in [-0.4, -0.2) is 16.0 Å². The minimum absolute atomic E-state index is 0.00752. The summed E-state index contributed by atoms with van der Waals surface area (Å²) in [6.07, 6.45) is 3.62. The number of aliphatic hydroxyl groups excluding tert-OH is 1. The minimum Gasteiger partial charge on any atom is -0.393 e. The lowest BCUT2D eigenvalue weighted by molar-refractivity contribution is 0.114. The van der Waals surface area contributed by atoms with Gasteiger partial charge in [0.25, 0.3) is 0 Å². The average molecular weight is 191 g/mol. The van der Waals surface area contributed by atoms with Crippen molar-refractivity contribution in [2.45, 2.75) is 30.2 Å². The highest BCUT2D eigenvalue weighted by atomic mass is 79.9. The SMILES string of the molecule is O[C@H]1C[C@@H]2CC[C@H]1[C@@H]2Br. The Morgan fingerprint density at radius 3 is 2.33 bits per heavy atom. The van der Waals surface area contributed by atoms with Crippen LogP contribution in [0.3, 0.4) is 0 Å². The Morgan fingerprint density at radius 2 is 2.11 bits per heavy atom. The van der Waals surface area contributed by atoms with E-state index in [0.717, 1.165) is 12.3 Å². The zero-order chi connectivity index (χ0) is 6.43. The molecule has 1 nitrogen and oxygen atoms in total. The number of aliphatic hydroxyl groups is 1. The molecule has 1 N–H and O–H groups in total. The zero-order valence-electron chi connectivity index (χ0n) is 5.26. The van der Waals surface area contributed by atoms with E-state index >= 15 is 0 Å².